The molecule has 0 amide bonds. The van der Waals surface area contributed by atoms with Crippen LogP contribution in [0.25, 0.3) is 0 Å². The maximum atomic E-state index is 11.4. The lowest BCUT2D eigenvalue weighted by molar-refractivity contribution is -0.152. The van der Waals surface area contributed by atoms with Crippen molar-refractivity contribution in [2.24, 2.45) is 0 Å². The van der Waals surface area contributed by atoms with Crippen molar-refractivity contribution >= 4 is 5.97 Å². The molecule has 0 radical (unpaired) electrons. The molecule has 2 rings (SSSR count). The zero-order valence-electron chi connectivity index (χ0n) is 10.5. The summed E-state index contributed by atoms with van der Waals surface area (Å²) in [4.78, 5) is 16.1. The number of hydrogen-bond donors (Lipinski definition) is 0. The Balaban J connectivity index is 1.78. The monoisotopic (exact) mass is 226 g/mol. The minimum Gasteiger partial charge on any atom is -0.468 e. The topological polar surface area (TPSA) is 32.8 Å². The number of hydrogen-bond acceptors (Lipinski definition) is 4. The normalized spacial score (nSPS) is 27.6. The molecule has 1 saturated carbocycles. The first kappa shape index (κ1) is 11.9. The van der Waals surface area contributed by atoms with Gasteiger partial charge in [-0.15, -0.1) is 0 Å². The lowest BCUT2D eigenvalue weighted by Gasteiger charge is -2.41. The highest BCUT2D eigenvalue weighted by molar-refractivity contribution is 5.76. The van der Waals surface area contributed by atoms with Gasteiger partial charge in [-0.1, -0.05) is 0 Å². The fourth-order valence-electron chi connectivity index (χ4n) is 2.37. The SMILES string of the molecule is COC(=O)C1CCN1CC(C)N(C)C1CC1. The van der Waals surface area contributed by atoms with Crippen molar-refractivity contribution in [1.82, 2.24) is 9.80 Å². The van der Waals surface area contributed by atoms with Crippen LogP contribution in [0.5, 0.6) is 0 Å². The van der Waals surface area contributed by atoms with Crippen molar-refractivity contribution in [2.45, 2.75) is 44.3 Å². The summed E-state index contributed by atoms with van der Waals surface area (Å²) in [5.74, 6) is -0.0764. The van der Waals surface area contributed by atoms with Gasteiger partial charge in [-0.05, 0) is 33.2 Å². The van der Waals surface area contributed by atoms with E-state index in [9.17, 15) is 4.79 Å². The summed E-state index contributed by atoms with van der Waals surface area (Å²) in [5.41, 5.74) is 0. The maximum Gasteiger partial charge on any atom is 0.323 e. The second kappa shape index (κ2) is 4.72. The van der Waals surface area contributed by atoms with Gasteiger partial charge < -0.3 is 4.74 Å². The highest BCUT2D eigenvalue weighted by Gasteiger charge is 2.37. The van der Waals surface area contributed by atoms with Crippen LogP contribution in [0.3, 0.4) is 0 Å². The summed E-state index contributed by atoms with van der Waals surface area (Å²) < 4.78 is 4.79. The Labute approximate surface area is 97.5 Å². The molecule has 0 spiro atoms. The molecule has 2 atom stereocenters. The van der Waals surface area contributed by atoms with E-state index in [0.29, 0.717) is 6.04 Å². The Bertz CT molecular complexity index is 266. The second-order valence-corrected chi connectivity index (χ2v) is 5.07. The van der Waals surface area contributed by atoms with Gasteiger partial charge in [0.2, 0.25) is 0 Å². The molecule has 2 fully saturated rings. The Hall–Kier alpha value is -0.610. The van der Waals surface area contributed by atoms with E-state index in [-0.39, 0.29) is 12.0 Å². The van der Waals surface area contributed by atoms with E-state index >= 15 is 0 Å². The number of rotatable bonds is 5. The molecule has 92 valence electrons. The third-order valence-electron chi connectivity index (χ3n) is 3.92. The predicted octanol–water partition coefficient (Wildman–Crippen LogP) is 0.716. The molecule has 4 nitrogen and oxygen atoms in total. The molecule has 0 aromatic carbocycles. The van der Waals surface area contributed by atoms with E-state index in [2.05, 4.69) is 23.8 Å². The number of ether oxygens (including phenoxy) is 1. The number of likely N-dealkylation sites (tertiary alicyclic amines) is 1. The number of carbonyl (C=O) groups excluding carboxylic acids is 1. The third kappa shape index (κ3) is 2.38. The van der Waals surface area contributed by atoms with E-state index in [4.69, 9.17) is 4.74 Å². The lowest BCUT2D eigenvalue weighted by atomic mass is 10.0. The van der Waals surface area contributed by atoms with Crippen molar-refractivity contribution in [3.63, 3.8) is 0 Å². The highest BCUT2D eigenvalue weighted by Crippen LogP contribution is 2.28. The minimum absolute atomic E-state index is 0.0139. The molecule has 1 saturated heterocycles. The van der Waals surface area contributed by atoms with Crippen LogP contribution >= 0.6 is 0 Å². The predicted molar refractivity (Wildman–Crippen MR) is 62.2 cm³/mol. The van der Waals surface area contributed by atoms with Crippen molar-refractivity contribution in [3.8, 4) is 0 Å². The van der Waals surface area contributed by atoms with Gasteiger partial charge in [0.1, 0.15) is 6.04 Å². The summed E-state index contributed by atoms with van der Waals surface area (Å²) in [7, 11) is 3.66. The van der Waals surface area contributed by atoms with Crippen molar-refractivity contribution in [1.29, 1.82) is 0 Å². The molecule has 1 aliphatic heterocycles. The summed E-state index contributed by atoms with van der Waals surface area (Å²) >= 11 is 0. The average Bonchev–Trinajstić information content (AvgIpc) is 3.06. The summed E-state index contributed by atoms with van der Waals surface area (Å²) in [6.45, 7) is 4.25. The van der Waals surface area contributed by atoms with Crippen LogP contribution in [0, 0.1) is 0 Å². The summed E-state index contributed by atoms with van der Waals surface area (Å²) in [6.07, 6.45) is 3.62. The Morgan fingerprint density at radius 2 is 2.19 bits per heavy atom. The van der Waals surface area contributed by atoms with Gasteiger partial charge in [-0.3, -0.25) is 14.6 Å². The molecule has 0 aromatic rings. The van der Waals surface area contributed by atoms with Crippen LogP contribution in [0.1, 0.15) is 26.2 Å². The van der Waals surface area contributed by atoms with Gasteiger partial charge in [0, 0.05) is 25.2 Å². The zero-order chi connectivity index (χ0) is 11.7. The third-order valence-corrected chi connectivity index (χ3v) is 3.92. The first-order valence-corrected chi connectivity index (χ1v) is 6.17. The second-order valence-electron chi connectivity index (χ2n) is 5.07. The maximum absolute atomic E-state index is 11.4. The Morgan fingerprint density at radius 1 is 1.50 bits per heavy atom. The van der Waals surface area contributed by atoms with E-state index < -0.39 is 0 Å². The Morgan fingerprint density at radius 3 is 2.62 bits per heavy atom. The molecule has 0 bridgehead atoms. The van der Waals surface area contributed by atoms with Crippen LogP contribution < -0.4 is 0 Å². The number of nitrogens with zero attached hydrogens (tertiary/aromatic N) is 2. The first-order valence-electron chi connectivity index (χ1n) is 6.17. The molecule has 16 heavy (non-hydrogen) atoms. The molecule has 4 heteroatoms. The molecule has 1 heterocycles. The van der Waals surface area contributed by atoms with Crippen LogP contribution in [-0.4, -0.2) is 61.1 Å². The summed E-state index contributed by atoms with van der Waals surface area (Å²) in [6, 6.07) is 1.33. The van der Waals surface area contributed by atoms with Crippen molar-refractivity contribution in [2.75, 3.05) is 27.2 Å². The molecule has 0 N–H and O–H groups in total. The van der Waals surface area contributed by atoms with Gasteiger partial charge in [-0.2, -0.15) is 0 Å². The number of likely N-dealkylation sites (N-methyl/N-ethyl adjacent to an activating group) is 1. The van der Waals surface area contributed by atoms with E-state index in [0.717, 1.165) is 25.6 Å². The molecule has 0 aromatic heterocycles. The largest absolute Gasteiger partial charge is 0.468 e. The Kier molecular flexibility index (Phi) is 3.50. The number of carbonyl (C=O) groups is 1. The quantitative estimate of drug-likeness (QED) is 0.647. The highest BCUT2D eigenvalue weighted by atomic mass is 16.5. The fraction of sp³-hybridized carbons (Fsp3) is 0.917. The zero-order valence-corrected chi connectivity index (χ0v) is 10.5. The summed E-state index contributed by atoms with van der Waals surface area (Å²) in [5, 5.41) is 0. The smallest absolute Gasteiger partial charge is 0.323 e. The van der Waals surface area contributed by atoms with Gasteiger partial charge in [0.15, 0.2) is 0 Å². The van der Waals surface area contributed by atoms with Gasteiger partial charge >= 0.3 is 5.97 Å². The van der Waals surface area contributed by atoms with Crippen molar-refractivity contribution < 1.29 is 9.53 Å². The molecular formula is C12H22N2O2. The fourth-order valence-corrected chi connectivity index (χ4v) is 2.37. The first-order chi connectivity index (χ1) is 7.63. The van der Waals surface area contributed by atoms with Gasteiger partial charge in [0.05, 0.1) is 7.11 Å². The van der Waals surface area contributed by atoms with E-state index in [1.807, 2.05) is 0 Å². The van der Waals surface area contributed by atoms with Gasteiger partial charge in [0.25, 0.3) is 0 Å². The molecule has 2 unspecified atom stereocenters. The molecule has 2 aliphatic rings. The number of esters is 1. The van der Waals surface area contributed by atoms with E-state index in [1.54, 1.807) is 0 Å². The molecular weight excluding hydrogens is 204 g/mol. The standard InChI is InChI=1S/C12H22N2O2/c1-9(13(2)10-4-5-10)8-14-7-6-11(14)12(15)16-3/h9-11H,4-8H2,1-3H3. The number of methoxy groups -OCH3 is 1. The molecule has 1 aliphatic carbocycles. The van der Waals surface area contributed by atoms with Crippen molar-refractivity contribution in [3.05, 3.63) is 0 Å². The average molecular weight is 226 g/mol. The van der Waals surface area contributed by atoms with Crippen LogP contribution in [0.15, 0.2) is 0 Å². The van der Waals surface area contributed by atoms with Gasteiger partial charge in [-0.25, -0.2) is 0 Å². The van der Waals surface area contributed by atoms with E-state index in [1.165, 1.54) is 20.0 Å². The van der Waals surface area contributed by atoms with Crippen LogP contribution in [0.2, 0.25) is 0 Å². The van der Waals surface area contributed by atoms with Crippen LogP contribution in [-0.2, 0) is 9.53 Å². The van der Waals surface area contributed by atoms with Crippen LogP contribution in [0.4, 0.5) is 0 Å². The minimum atomic E-state index is -0.0764. The lowest BCUT2D eigenvalue weighted by Crippen LogP contribution is -2.56.